The zero-order valence-electron chi connectivity index (χ0n) is 12.0. The van der Waals surface area contributed by atoms with E-state index in [2.05, 4.69) is 5.32 Å². The van der Waals surface area contributed by atoms with Crippen LogP contribution < -0.4 is 5.32 Å². The van der Waals surface area contributed by atoms with Gasteiger partial charge in [0.2, 0.25) is 10.0 Å². The van der Waals surface area contributed by atoms with E-state index >= 15 is 0 Å². The van der Waals surface area contributed by atoms with Crippen LogP contribution in [0.3, 0.4) is 0 Å². The van der Waals surface area contributed by atoms with Gasteiger partial charge in [-0.05, 0) is 44.2 Å². The normalized spacial score (nSPS) is 17.2. The summed E-state index contributed by atoms with van der Waals surface area (Å²) in [7, 11) is -3.50. The first-order chi connectivity index (χ1) is 10.1. The molecule has 0 bridgehead atoms. The van der Waals surface area contributed by atoms with Crippen molar-refractivity contribution in [3.63, 3.8) is 0 Å². The predicted octanol–water partition coefficient (Wildman–Crippen LogP) is 0.847. The van der Waals surface area contributed by atoms with Crippen molar-refractivity contribution in [2.24, 2.45) is 0 Å². The van der Waals surface area contributed by atoms with Gasteiger partial charge in [0.25, 0.3) is 0 Å². The number of nitrogens with zero attached hydrogens (tertiary/aromatic N) is 1. The second kappa shape index (κ2) is 7.02. The molecule has 1 N–H and O–H groups in total. The molecule has 0 atom stereocenters. The second-order valence-electron chi connectivity index (χ2n) is 4.75. The maximum atomic E-state index is 12.5. The van der Waals surface area contributed by atoms with Gasteiger partial charge in [-0.3, -0.25) is 0 Å². The molecular weight excluding hydrogens is 292 g/mol. The number of sulfonamides is 1. The van der Waals surface area contributed by atoms with Gasteiger partial charge in [-0.25, -0.2) is 13.2 Å². The van der Waals surface area contributed by atoms with E-state index in [4.69, 9.17) is 4.74 Å². The lowest BCUT2D eigenvalue weighted by Crippen LogP contribution is -2.34. The number of carbonyl (C=O) groups excluding carboxylic acids is 1. The van der Waals surface area contributed by atoms with E-state index in [1.807, 2.05) is 0 Å². The summed E-state index contributed by atoms with van der Waals surface area (Å²) in [5, 5.41) is 3.17. The molecule has 1 aromatic carbocycles. The highest BCUT2D eigenvalue weighted by Crippen LogP contribution is 2.17. The fourth-order valence-electron chi connectivity index (χ4n) is 2.19. The lowest BCUT2D eigenvalue weighted by molar-refractivity contribution is 0.0526. The largest absolute Gasteiger partial charge is 0.462 e. The molecule has 0 saturated carbocycles. The van der Waals surface area contributed by atoms with Crippen LogP contribution in [0.15, 0.2) is 29.2 Å². The maximum absolute atomic E-state index is 12.5. The van der Waals surface area contributed by atoms with E-state index < -0.39 is 16.0 Å². The summed E-state index contributed by atoms with van der Waals surface area (Å²) in [4.78, 5) is 11.8. The highest BCUT2D eigenvalue weighted by molar-refractivity contribution is 7.89. The van der Waals surface area contributed by atoms with Crippen LogP contribution >= 0.6 is 0 Å². The Hall–Kier alpha value is -1.44. The van der Waals surface area contributed by atoms with Gasteiger partial charge in [-0.2, -0.15) is 4.31 Å². The van der Waals surface area contributed by atoms with E-state index in [1.165, 1.54) is 28.6 Å². The van der Waals surface area contributed by atoms with Crippen LogP contribution in [0.5, 0.6) is 0 Å². The predicted molar refractivity (Wildman–Crippen MR) is 78.6 cm³/mol. The third kappa shape index (κ3) is 3.81. The summed E-state index contributed by atoms with van der Waals surface area (Å²) in [5.41, 5.74) is 0.355. The van der Waals surface area contributed by atoms with Crippen molar-refractivity contribution in [2.45, 2.75) is 18.2 Å². The Labute approximate surface area is 125 Å². The first kappa shape index (κ1) is 15.9. The smallest absolute Gasteiger partial charge is 0.338 e. The number of hydrogen-bond acceptors (Lipinski definition) is 5. The van der Waals surface area contributed by atoms with Gasteiger partial charge in [0.05, 0.1) is 17.1 Å². The average Bonchev–Trinajstić information content (AvgIpc) is 2.77. The molecule has 1 aromatic rings. The summed E-state index contributed by atoms with van der Waals surface area (Å²) >= 11 is 0. The van der Waals surface area contributed by atoms with Crippen molar-refractivity contribution in [3.05, 3.63) is 29.8 Å². The molecule has 0 unspecified atom stereocenters. The molecule has 1 saturated heterocycles. The first-order valence-corrected chi connectivity index (χ1v) is 8.48. The van der Waals surface area contributed by atoms with E-state index in [0.717, 1.165) is 13.0 Å². The van der Waals surface area contributed by atoms with Crippen molar-refractivity contribution in [1.29, 1.82) is 0 Å². The Morgan fingerprint density at radius 2 is 1.95 bits per heavy atom. The average molecular weight is 312 g/mol. The number of ether oxygens (including phenoxy) is 1. The molecular formula is C14H20N2O4S. The van der Waals surface area contributed by atoms with Gasteiger partial charge in [0, 0.05) is 19.6 Å². The molecule has 7 heteroatoms. The molecule has 0 spiro atoms. The monoisotopic (exact) mass is 312 g/mol. The van der Waals surface area contributed by atoms with Crippen molar-refractivity contribution in [3.8, 4) is 0 Å². The standard InChI is InChI=1S/C14H20N2O4S/c1-2-20-14(17)12-4-6-13(7-5-12)21(18,19)16-10-3-8-15-9-11-16/h4-7,15H,2-3,8-11H2,1H3. The van der Waals surface area contributed by atoms with E-state index in [-0.39, 0.29) is 4.90 Å². The third-order valence-electron chi connectivity index (χ3n) is 3.30. The maximum Gasteiger partial charge on any atom is 0.338 e. The quantitative estimate of drug-likeness (QED) is 0.834. The van der Waals surface area contributed by atoms with Crippen LogP contribution in [0.2, 0.25) is 0 Å². The fraction of sp³-hybridized carbons (Fsp3) is 0.500. The Kier molecular flexibility index (Phi) is 5.33. The van der Waals surface area contributed by atoms with Crippen LogP contribution in [-0.2, 0) is 14.8 Å². The van der Waals surface area contributed by atoms with Crippen LogP contribution in [0.1, 0.15) is 23.7 Å². The van der Waals surface area contributed by atoms with E-state index in [0.29, 0.717) is 31.8 Å². The second-order valence-corrected chi connectivity index (χ2v) is 6.69. The Balaban J connectivity index is 2.18. The van der Waals surface area contributed by atoms with E-state index in [9.17, 15) is 13.2 Å². The number of benzene rings is 1. The molecule has 0 radical (unpaired) electrons. The minimum absolute atomic E-state index is 0.206. The lowest BCUT2D eigenvalue weighted by atomic mass is 10.2. The molecule has 1 aliphatic rings. The number of esters is 1. The Morgan fingerprint density at radius 1 is 1.24 bits per heavy atom. The zero-order valence-corrected chi connectivity index (χ0v) is 12.9. The summed E-state index contributed by atoms with van der Waals surface area (Å²) in [5.74, 6) is -0.444. The van der Waals surface area contributed by atoms with Gasteiger partial charge in [0.15, 0.2) is 0 Å². The van der Waals surface area contributed by atoms with Crippen LogP contribution in [0, 0.1) is 0 Å². The summed E-state index contributed by atoms with van der Waals surface area (Å²) in [6.07, 6.45) is 0.792. The van der Waals surface area contributed by atoms with Crippen molar-refractivity contribution in [2.75, 3.05) is 32.8 Å². The highest BCUT2D eigenvalue weighted by atomic mass is 32.2. The molecule has 6 nitrogen and oxygen atoms in total. The molecule has 2 rings (SSSR count). The molecule has 0 aromatic heterocycles. The van der Waals surface area contributed by atoms with Crippen molar-refractivity contribution >= 4 is 16.0 Å². The third-order valence-corrected chi connectivity index (χ3v) is 5.22. The summed E-state index contributed by atoms with van der Waals surface area (Å²) in [6, 6.07) is 5.89. The number of nitrogens with one attached hydrogen (secondary N) is 1. The van der Waals surface area contributed by atoms with E-state index in [1.54, 1.807) is 6.92 Å². The zero-order chi connectivity index (χ0) is 15.3. The van der Waals surface area contributed by atoms with Crippen LogP contribution in [0.25, 0.3) is 0 Å². The minimum Gasteiger partial charge on any atom is -0.462 e. The lowest BCUT2D eigenvalue weighted by Gasteiger charge is -2.19. The first-order valence-electron chi connectivity index (χ1n) is 7.03. The van der Waals surface area contributed by atoms with Gasteiger partial charge < -0.3 is 10.1 Å². The topological polar surface area (TPSA) is 75.7 Å². The fourth-order valence-corrected chi connectivity index (χ4v) is 3.67. The van der Waals surface area contributed by atoms with Crippen molar-refractivity contribution < 1.29 is 17.9 Å². The molecule has 0 amide bonds. The SMILES string of the molecule is CCOC(=O)c1ccc(S(=O)(=O)N2CCCNCC2)cc1. The summed E-state index contributed by atoms with van der Waals surface area (Å²) < 4.78 is 31.4. The molecule has 116 valence electrons. The minimum atomic E-state index is -3.50. The Bertz CT molecular complexity index is 575. The molecule has 1 heterocycles. The molecule has 0 aliphatic carbocycles. The van der Waals surface area contributed by atoms with Crippen LogP contribution in [0.4, 0.5) is 0 Å². The molecule has 21 heavy (non-hydrogen) atoms. The van der Waals surface area contributed by atoms with Crippen molar-refractivity contribution in [1.82, 2.24) is 9.62 Å². The van der Waals surface area contributed by atoms with Crippen LogP contribution in [-0.4, -0.2) is 51.5 Å². The summed E-state index contributed by atoms with van der Waals surface area (Å²) in [6.45, 7) is 4.47. The Morgan fingerprint density at radius 3 is 2.62 bits per heavy atom. The van der Waals surface area contributed by atoms with Gasteiger partial charge in [-0.1, -0.05) is 0 Å². The van der Waals surface area contributed by atoms with Gasteiger partial charge >= 0.3 is 5.97 Å². The highest BCUT2D eigenvalue weighted by Gasteiger charge is 2.25. The van der Waals surface area contributed by atoms with Gasteiger partial charge in [-0.15, -0.1) is 0 Å². The molecule has 1 aliphatic heterocycles. The molecule has 1 fully saturated rings. The number of hydrogen-bond donors (Lipinski definition) is 1. The number of carbonyl (C=O) groups is 1. The van der Waals surface area contributed by atoms with Gasteiger partial charge in [0.1, 0.15) is 0 Å². The number of rotatable bonds is 4.